The van der Waals surface area contributed by atoms with Gasteiger partial charge in [0, 0.05) is 45.2 Å². The van der Waals surface area contributed by atoms with Gasteiger partial charge in [-0.3, -0.25) is 4.79 Å². The molecule has 116 valence electrons. The Morgan fingerprint density at radius 2 is 2.05 bits per heavy atom. The minimum atomic E-state index is -0.142. The van der Waals surface area contributed by atoms with Gasteiger partial charge < -0.3 is 14.9 Å². The van der Waals surface area contributed by atoms with Crippen molar-refractivity contribution >= 4 is 35.2 Å². The fourth-order valence-electron chi connectivity index (χ4n) is 2.00. The Morgan fingerprint density at radius 1 is 1.27 bits per heavy atom. The number of nitrogens with zero attached hydrogens (tertiary/aromatic N) is 3. The van der Waals surface area contributed by atoms with Crippen molar-refractivity contribution in [2.75, 3.05) is 35.3 Å². The van der Waals surface area contributed by atoms with Crippen LogP contribution in [0.3, 0.4) is 0 Å². The fraction of sp³-hybridized carbons (Fsp3) is 0.267. The first-order chi connectivity index (χ1) is 10.5. The van der Waals surface area contributed by atoms with E-state index in [4.69, 9.17) is 0 Å². The molecule has 7 heteroatoms. The molecule has 1 amide bonds. The van der Waals surface area contributed by atoms with Gasteiger partial charge in [0.05, 0.1) is 5.69 Å². The quantitative estimate of drug-likeness (QED) is 0.826. The highest BCUT2D eigenvalue weighted by molar-refractivity contribution is 7.99. The molecule has 2 N–H and O–H groups in total. The van der Waals surface area contributed by atoms with Crippen LogP contribution in [0.2, 0.25) is 0 Å². The minimum absolute atomic E-state index is 0.142. The molecule has 0 aliphatic rings. The zero-order valence-corrected chi connectivity index (χ0v) is 13.9. The van der Waals surface area contributed by atoms with Gasteiger partial charge in [0.1, 0.15) is 11.6 Å². The molecule has 0 unspecified atom stereocenters. The Labute approximate surface area is 134 Å². The summed E-state index contributed by atoms with van der Waals surface area (Å²) in [5.41, 5.74) is 2.90. The summed E-state index contributed by atoms with van der Waals surface area (Å²) in [5, 5.41) is 5.78. The Bertz CT molecular complexity index is 677. The summed E-state index contributed by atoms with van der Waals surface area (Å²) < 4.78 is 2.04. The van der Waals surface area contributed by atoms with Crippen LogP contribution in [-0.4, -0.2) is 36.2 Å². The van der Waals surface area contributed by atoms with Crippen molar-refractivity contribution in [1.82, 2.24) is 9.97 Å². The zero-order chi connectivity index (χ0) is 16.1. The van der Waals surface area contributed by atoms with E-state index in [0.717, 1.165) is 22.6 Å². The monoisotopic (exact) mass is 317 g/mol. The second-order valence-corrected chi connectivity index (χ2v) is 5.55. The number of nitrogens with one attached hydrogen (secondary N) is 2. The molecule has 0 radical (unpaired) electrons. The van der Waals surface area contributed by atoms with Crippen LogP contribution in [0, 0.1) is 0 Å². The van der Waals surface area contributed by atoms with E-state index in [2.05, 4.69) is 26.7 Å². The Kier molecular flexibility index (Phi) is 5.21. The van der Waals surface area contributed by atoms with Crippen LogP contribution in [0.25, 0.3) is 11.1 Å². The molecule has 2 rings (SSSR count). The van der Waals surface area contributed by atoms with Gasteiger partial charge in [-0.1, -0.05) is 11.9 Å². The first-order valence-electron chi connectivity index (χ1n) is 6.74. The number of rotatable bonds is 5. The van der Waals surface area contributed by atoms with Crippen molar-refractivity contribution in [3.8, 4) is 11.1 Å². The predicted octanol–water partition coefficient (Wildman–Crippen LogP) is 2.86. The van der Waals surface area contributed by atoms with Gasteiger partial charge in [0.2, 0.25) is 5.91 Å². The van der Waals surface area contributed by atoms with Crippen molar-refractivity contribution in [3.05, 3.63) is 30.6 Å². The maximum absolute atomic E-state index is 11.1. The lowest BCUT2D eigenvalue weighted by Gasteiger charge is -2.19. The van der Waals surface area contributed by atoms with E-state index >= 15 is 0 Å². The van der Waals surface area contributed by atoms with Crippen LogP contribution in [-0.2, 0) is 4.79 Å². The van der Waals surface area contributed by atoms with Gasteiger partial charge >= 0.3 is 0 Å². The first kappa shape index (κ1) is 16.1. The second kappa shape index (κ2) is 7.13. The first-order valence-corrected chi connectivity index (χ1v) is 7.93. The van der Waals surface area contributed by atoms with E-state index in [1.54, 1.807) is 24.3 Å². The summed E-state index contributed by atoms with van der Waals surface area (Å²) in [6.45, 7) is 1.46. The minimum Gasteiger partial charge on any atom is -0.371 e. The van der Waals surface area contributed by atoms with Gasteiger partial charge in [-0.2, -0.15) is 0 Å². The molecule has 22 heavy (non-hydrogen) atoms. The number of carbonyl (C=O) groups excluding carboxylic acids is 1. The van der Waals surface area contributed by atoms with E-state index in [0.29, 0.717) is 5.82 Å². The lowest BCUT2D eigenvalue weighted by Crippen LogP contribution is -2.09. The van der Waals surface area contributed by atoms with Crippen LogP contribution >= 0.6 is 11.9 Å². The molecule has 0 spiro atoms. The van der Waals surface area contributed by atoms with Gasteiger partial charge in [0.25, 0.3) is 0 Å². The molecule has 0 atom stereocenters. The fourth-order valence-corrected chi connectivity index (χ4v) is 2.34. The highest BCUT2D eigenvalue weighted by Crippen LogP contribution is 2.31. The number of hydrogen-bond donors (Lipinski definition) is 2. The SMILES string of the molecule is CNc1ncc(-c2ccnc(NC(C)=O)c2)cc1N(C)SC. The molecule has 0 saturated carbocycles. The Balaban J connectivity index is 2.42. The highest BCUT2D eigenvalue weighted by Gasteiger charge is 2.10. The topological polar surface area (TPSA) is 70.1 Å². The summed E-state index contributed by atoms with van der Waals surface area (Å²) in [5.74, 6) is 1.20. The average Bonchev–Trinajstić information content (AvgIpc) is 2.53. The third-order valence-electron chi connectivity index (χ3n) is 3.11. The van der Waals surface area contributed by atoms with Crippen molar-refractivity contribution in [2.45, 2.75) is 6.92 Å². The lowest BCUT2D eigenvalue weighted by atomic mass is 10.1. The lowest BCUT2D eigenvalue weighted by molar-refractivity contribution is -0.114. The van der Waals surface area contributed by atoms with E-state index < -0.39 is 0 Å². The average molecular weight is 317 g/mol. The van der Waals surface area contributed by atoms with E-state index in [1.807, 2.05) is 36.8 Å². The zero-order valence-electron chi connectivity index (χ0n) is 13.0. The summed E-state index contributed by atoms with van der Waals surface area (Å²) in [4.78, 5) is 19.7. The maximum atomic E-state index is 11.1. The highest BCUT2D eigenvalue weighted by atomic mass is 32.2. The number of pyridine rings is 2. The molecule has 0 bridgehead atoms. The van der Waals surface area contributed by atoms with E-state index in [-0.39, 0.29) is 5.91 Å². The van der Waals surface area contributed by atoms with Crippen LogP contribution < -0.4 is 14.9 Å². The molecule has 0 fully saturated rings. The number of hydrogen-bond acceptors (Lipinski definition) is 6. The molecular formula is C15H19N5OS. The van der Waals surface area contributed by atoms with Crippen molar-refractivity contribution in [3.63, 3.8) is 0 Å². The van der Waals surface area contributed by atoms with Gasteiger partial charge in [-0.15, -0.1) is 0 Å². The molecule has 0 aliphatic heterocycles. The molecule has 2 heterocycles. The molecule has 0 aliphatic carbocycles. The summed E-state index contributed by atoms with van der Waals surface area (Å²) in [6.07, 6.45) is 5.48. The van der Waals surface area contributed by atoms with Crippen molar-refractivity contribution < 1.29 is 4.79 Å². The summed E-state index contributed by atoms with van der Waals surface area (Å²) in [7, 11) is 3.84. The largest absolute Gasteiger partial charge is 0.371 e. The molecule has 2 aromatic heterocycles. The third-order valence-corrected chi connectivity index (χ3v) is 3.86. The number of carbonyl (C=O) groups is 1. The Hall–Kier alpha value is -2.28. The van der Waals surface area contributed by atoms with Crippen LogP contribution in [0.4, 0.5) is 17.3 Å². The third kappa shape index (κ3) is 3.67. The smallest absolute Gasteiger partial charge is 0.222 e. The van der Waals surface area contributed by atoms with Crippen LogP contribution in [0.5, 0.6) is 0 Å². The normalized spacial score (nSPS) is 10.2. The van der Waals surface area contributed by atoms with Crippen molar-refractivity contribution in [2.24, 2.45) is 0 Å². The van der Waals surface area contributed by atoms with Gasteiger partial charge in [-0.05, 0) is 23.8 Å². The number of aromatic nitrogens is 2. The van der Waals surface area contributed by atoms with E-state index in [9.17, 15) is 4.79 Å². The van der Waals surface area contributed by atoms with Crippen molar-refractivity contribution in [1.29, 1.82) is 0 Å². The summed E-state index contributed by atoms with van der Waals surface area (Å²) in [6, 6.07) is 5.78. The van der Waals surface area contributed by atoms with Crippen LogP contribution in [0.1, 0.15) is 6.92 Å². The van der Waals surface area contributed by atoms with Gasteiger partial charge in [-0.25, -0.2) is 9.97 Å². The van der Waals surface area contributed by atoms with E-state index in [1.165, 1.54) is 6.92 Å². The molecule has 6 nitrogen and oxygen atoms in total. The number of anilines is 3. The molecule has 0 aromatic carbocycles. The standard InChI is InChI=1S/C15H19N5OS/c1-10(21)19-14-8-11(5-6-17-14)12-7-13(20(3)22-4)15(16-2)18-9-12/h5-9H,1-4H3,(H,16,18)(H,17,19,21). The molecule has 2 aromatic rings. The number of amides is 1. The Morgan fingerprint density at radius 3 is 2.68 bits per heavy atom. The second-order valence-electron chi connectivity index (χ2n) is 4.63. The van der Waals surface area contributed by atoms with Gasteiger partial charge in [0.15, 0.2) is 0 Å². The predicted molar refractivity (Wildman–Crippen MR) is 93.2 cm³/mol. The molecular weight excluding hydrogens is 298 g/mol. The summed E-state index contributed by atoms with van der Waals surface area (Å²) >= 11 is 1.61. The maximum Gasteiger partial charge on any atom is 0.222 e. The van der Waals surface area contributed by atoms with Crippen LogP contribution in [0.15, 0.2) is 30.6 Å². The molecule has 0 saturated heterocycles.